The Morgan fingerprint density at radius 3 is 2.28 bits per heavy atom. The molecule has 138 valence electrons. The minimum absolute atomic E-state index is 0.0906. The maximum atomic E-state index is 13.0. The molecule has 2 fully saturated rings. The van der Waals surface area contributed by atoms with Gasteiger partial charge in [-0.05, 0) is 50.2 Å². The SMILES string of the molecule is CC(=O)Nc1ccc(S(=O)(=O)C2CS(=O)(=O)CC2N2CCCC2)cc1. The van der Waals surface area contributed by atoms with Gasteiger partial charge in [0.1, 0.15) is 0 Å². The molecule has 1 N–H and O–H groups in total. The number of amides is 1. The van der Waals surface area contributed by atoms with Gasteiger partial charge in [-0.25, -0.2) is 16.8 Å². The first kappa shape index (κ1) is 18.3. The van der Waals surface area contributed by atoms with Crippen molar-refractivity contribution >= 4 is 31.3 Å². The van der Waals surface area contributed by atoms with Gasteiger partial charge in [0.2, 0.25) is 5.91 Å². The molecule has 1 amide bonds. The van der Waals surface area contributed by atoms with Crippen molar-refractivity contribution in [1.82, 2.24) is 4.90 Å². The minimum atomic E-state index is -3.78. The van der Waals surface area contributed by atoms with Crippen molar-refractivity contribution in [1.29, 1.82) is 0 Å². The smallest absolute Gasteiger partial charge is 0.221 e. The molecular formula is C16H22N2O5S2. The van der Waals surface area contributed by atoms with Crippen LogP contribution in [0.3, 0.4) is 0 Å². The van der Waals surface area contributed by atoms with Gasteiger partial charge in [0, 0.05) is 18.7 Å². The zero-order valence-corrected chi connectivity index (χ0v) is 15.6. The molecule has 0 saturated carbocycles. The molecule has 0 radical (unpaired) electrons. The number of likely N-dealkylation sites (tertiary alicyclic amines) is 1. The Hall–Kier alpha value is -1.45. The topological polar surface area (TPSA) is 101 Å². The van der Waals surface area contributed by atoms with E-state index in [1.54, 1.807) is 0 Å². The van der Waals surface area contributed by atoms with Gasteiger partial charge in [-0.2, -0.15) is 0 Å². The summed E-state index contributed by atoms with van der Waals surface area (Å²) >= 11 is 0. The molecule has 2 unspecified atom stereocenters. The third-order valence-electron chi connectivity index (χ3n) is 4.78. The Morgan fingerprint density at radius 2 is 1.72 bits per heavy atom. The molecule has 2 heterocycles. The number of benzene rings is 1. The van der Waals surface area contributed by atoms with Gasteiger partial charge in [-0.3, -0.25) is 9.69 Å². The lowest BCUT2D eigenvalue weighted by Gasteiger charge is -2.27. The highest BCUT2D eigenvalue weighted by molar-refractivity contribution is 7.96. The fourth-order valence-corrected chi connectivity index (χ4v) is 8.44. The number of carbonyl (C=O) groups is 1. The van der Waals surface area contributed by atoms with Gasteiger partial charge in [-0.1, -0.05) is 0 Å². The molecule has 3 rings (SSSR count). The summed E-state index contributed by atoms with van der Waals surface area (Å²) in [7, 11) is -7.15. The van der Waals surface area contributed by atoms with Crippen LogP contribution in [0.25, 0.3) is 0 Å². The van der Waals surface area contributed by atoms with Crippen LogP contribution < -0.4 is 5.32 Å². The summed E-state index contributed by atoms with van der Waals surface area (Å²) in [5, 5.41) is 1.64. The largest absolute Gasteiger partial charge is 0.326 e. The highest BCUT2D eigenvalue weighted by atomic mass is 32.2. The van der Waals surface area contributed by atoms with Crippen molar-refractivity contribution in [2.24, 2.45) is 0 Å². The zero-order valence-electron chi connectivity index (χ0n) is 14.0. The lowest BCUT2D eigenvalue weighted by atomic mass is 10.2. The standard InChI is InChI=1S/C16H22N2O5S2/c1-12(19)17-13-4-6-14(7-5-13)25(22,23)16-11-24(20,21)10-15(16)18-8-2-3-9-18/h4-7,15-16H,2-3,8-11H2,1H3,(H,17,19). The lowest BCUT2D eigenvalue weighted by Crippen LogP contribution is -2.45. The minimum Gasteiger partial charge on any atom is -0.326 e. The molecule has 9 heteroatoms. The molecule has 7 nitrogen and oxygen atoms in total. The molecule has 2 aliphatic heterocycles. The first-order valence-electron chi connectivity index (χ1n) is 8.25. The Labute approximate surface area is 148 Å². The molecule has 2 atom stereocenters. The Kier molecular flexibility index (Phi) is 4.91. The summed E-state index contributed by atoms with van der Waals surface area (Å²) < 4.78 is 50.3. The van der Waals surface area contributed by atoms with Gasteiger partial charge in [-0.15, -0.1) is 0 Å². The van der Waals surface area contributed by atoms with E-state index < -0.39 is 31.0 Å². The van der Waals surface area contributed by atoms with E-state index in [0.29, 0.717) is 5.69 Å². The van der Waals surface area contributed by atoms with Crippen molar-refractivity contribution in [2.45, 2.75) is 36.0 Å². The highest BCUT2D eigenvalue weighted by Gasteiger charge is 2.48. The summed E-state index contributed by atoms with van der Waals surface area (Å²) in [5.74, 6) is -0.670. The molecule has 0 bridgehead atoms. The number of nitrogens with zero attached hydrogens (tertiary/aromatic N) is 1. The van der Waals surface area contributed by atoms with Gasteiger partial charge in [0.15, 0.2) is 19.7 Å². The zero-order chi connectivity index (χ0) is 18.2. The van der Waals surface area contributed by atoms with Crippen molar-refractivity contribution in [3.05, 3.63) is 24.3 Å². The van der Waals surface area contributed by atoms with Crippen LogP contribution >= 0.6 is 0 Å². The number of hydrogen-bond donors (Lipinski definition) is 1. The van der Waals surface area contributed by atoms with E-state index in [4.69, 9.17) is 0 Å². The van der Waals surface area contributed by atoms with E-state index in [1.807, 2.05) is 4.90 Å². The quantitative estimate of drug-likeness (QED) is 0.817. The summed E-state index contributed by atoms with van der Waals surface area (Å²) in [6, 6.07) is 5.40. The Bertz CT molecular complexity index is 856. The molecule has 2 aliphatic rings. The maximum Gasteiger partial charge on any atom is 0.221 e. The van der Waals surface area contributed by atoms with Crippen molar-refractivity contribution in [2.75, 3.05) is 29.9 Å². The van der Waals surface area contributed by atoms with Crippen molar-refractivity contribution in [3.8, 4) is 0 Å². The normalized spacial score (nSPS) is 26.6. The molecule has 1 aromatic rings. The van der Waals surface area contributed by atoms with Crippen LogP contribution in [0.2, 0.25) is 0 Å². The predicted molar refractivity (Wildman–Crippen MR) is 95.0 cm³/mol. The third kappa shape index (κ3) is 3.88. The number of hydrogen-bond acceptors (Lipinski definition) is 6. The highest BCUT2D eigenvalue weighted by Crippen LogP contribution is 2.31. The number of carbonyl (C=O) groups excluding carboxylic acids is 1. The molecular weight excluding hydrogens is 364 g/mol. The predicted octanol–water partition coefficient (Wildman–Crippen LogP) is 0.680. The molecule has 2 saturated heterocycles. The van der Waals surface area contributed by atoms with Crippen LogP contribution in [-0.4, -0.2) is 63.5 Å². The summed E-state index contributed by atoms with van der Waals surface area (Å²) in [6.45, 7) is 2.86. The summed E-state index contributed by atoms with van der Waals surface area (Å²) in [6.07, 6.45) is 1.93. The van der Waals surface area contributed by atoms with Crippen LogP contribution in [0, 0.1) is 0 Å². The monoisotopic (exact) mass is 386 g/mol. The molecule has 0 spiro atoms. The maximum absolute atomic E-state index is 13.0. The van der Waals surface area contributed by atoms with E-state index >= 15 is 0 Å². The number of nitrogens with one attached hydrogen (secondary N) is 1. The second-order valence-electron chi connectivity index (χ2n) is 6.68. The summed E-state index contributed by atoms with van der Waals surface area (Å²) in [5.41, 5.74) is 0.501. The van der Waals surface area contributed by atoms with Gasteiger partial charge in [0.05, 0.1) is 21.7 Å². The first-order chi connectivity index (χ1) is 11.7. The summed E-state index contributed by atoms with van der Waals surface area (Å²) in [4.78, 5) is 13.2. The van der Waals surface area contributed by atoms with Crippen LogP contribution in [0.5, 0.6) is 0 Å². The molecule has 0 aromatic heterocycles. The second-order valence-corrected chi connectivity index (χ2v) is 11.0. The van der Waals surface area contributed by atoms with Crippen molar-refractivity contribution in [3.63, 3.8) is 0 Å². The van der Waals surface area contributed by atoms with Crippen LogP contribution in [0.1, 0.15) is 19.8 Å². The van der Waals surface area contributed by atoms with Gasteiger partial charge >= 0.3 is 0 Å². The fourth-order valence-electron chi connectivity index (χ4n) is 3.61. The molecule has 0 aliphatic carbocycles. The third-order valence-corrected chi connectivity index (χ3v) is 8.92. The van der Waals surface area contributed by atoms with E-state index in [2.05, 4.69) is 5.32 Å². The second kappa shape index (κ2) is 6.69. The van der Waals surface area contributed by atoms with Gasteiger partial charge in [0.25, 0.3) is 0 Å². The number of sulfone groups is 2. The van der Waals surface area contributed by atoms with Crippen LogP contribution in [0.15, 0.2) is 29.2 Å². The first-order valence-corrected chi connectivity index (χ1v) is 11.6. The van der Waals surface area contributed by atoms with E-state index in [0.717, 1.165) is 25.9 Å². The van der Waals surface area contributed by atoms with E-state index in [-0.39, 0.29) is 22.3 Å². The van der Waals surface area contributed by atoms with Crippen LogP contribution in [0.4, 0.5) is 5.69 Å². The number of rotatable bonds is 4. The van der Waals surface area contributed by atoms with E-state index in [9.17, 15) is 21.6 Å². The average Bonchev–Trinajstić information content (AvgIpc) is 3.14. The van der Waals surface area contributed by atoms with E-state index in [1.165, 1.54) is 31.2 Å². The molecule has 25 heavy (non-hydrogen) atoms. The molecule has 1 aromatic carbocycles. The average molecular weight is 386 g/mol. The fraction of sp³-hybridized carbons (Fsp3) is 0.562. The van der Waals surface area contributed by atoms with Crippen molar-refractivity contribution < 1.29 is 21.6 Å². The van der Waals surface area contributed by atoms with Crippen LogP contribution in [-0.2, 0) is 24.5 Å². The Balaban J connectivity index is 1.90. The van der Waals surface area contributed by atoms with Gasteiger partial charge < -0.3 is 5.32 Å². The number of anilines is 1. The Morgan fingerprint density at radius 1 is 1.12 bits per heavy atom. The lowest BCUT2D eigenvalue weighted by molar-refractivity contribution is -0.114.